The topological polar surface area (TPSA) is 32.3 Å². The van der Waals surface area contributed by atoms with E-state index in [1.807, 2.05) is 0 Å². The van der Waals surface area contributed by atoms with Gasteiger partial charge in [0.2, 0.25) is 0 Å². The quantitative estimate of drug-likeness (QED) is 0.793. The van der Waals surface area contributed by atoms with Gasteiger partial charge in [0.05, 0.1) is 5.60 Å². The van der Waals surface area contributed by atoms with Crippen molar-refractivity contribution in [2.24, 2.45) is 11.3 Å². The molecular weight excluding hydrogens is 210 g/mol. The first-order chi connectivity index (χ1) is 7.89. The third-order valence-corrected chi connectivity index (χ3v) is 4.51. The Kier molecular flexibility index (Phi) is 3.84. The minimum absolute atomic E-state index is 0.295. The SMILES string of the molecule is CC1CC(C)(C)CC(O)(CNC2CCCC2)C1. The van der Waals surface area contributed by atoms with E-state index in [1.165, 1.54) is 32.1 Å². The van der Waals surface area contributed by atoms with Crippen LogP contribution in [0.3, 0.4) is 0 Å². The molecule has 0 heterocycles. The Balaban J connectivity index is 1.88. The van der Waals surface area contributed by atoms with Crippen LogP contribution in [-0.2, 0) is 0 Å². The first-order valence-electron chi connectivity index (χ1n) is 7.34. The van der Waals surface area contributed by atoms with E-state index in [2.05, 4.69) is 26.1 Å². The van der Waals surface area contributed by atoms with Gasteiger partial charge in [0.15, 0.2) is 0 Å². The van der Waals surface area contributed by atoms with Gasteiger partial charge in [-0.1, -0.05) is 33.6 Å². The lowest BCUT2D eigenvalue weighted by atomic mass is 9.66. The van der Waals surface area contributed by atoms with Crippen molar-refractivity contribution in [1.29, 1.82) is 0 Å². The lowest BCUT2D eigenvalue weighted by Gasteiger charge is -2.45. The molecule has 2 unspecified atom stereocenters. The fourth-order valence-corrected chi connectivity index (χ4v) is 4.30. The third kappa shape index (κ3) is 3.69. The lowest BCUT2D eigenvalue weighted by Crippen LogP contribution is -2.50. The molecule has 0 amide bonds. The molecule has 2 aliphatic rings. The smallest absolute Gasteiger partial charge is 0.0779 e. The van der Waals surface area contributed by atoms with E-state index in [4.69, 9.17) is 0 Å². The van der Waals surface area contributed by atoms with E-state index in [0.717, 1.165) is 19.4 Å². The molecule has 2 aliphatic carbocycles. The first-order valence-corrected chi connectivity index (χ1v) is 7.34. The van der Waals surface area contributed by atoms with E-state index in [9.17, 15) is 5.11 Å². The van der Waals surface area contributed by atoms with Crippen molar-refractivity contribution in [3.8, 4) is 0 Å². The van der Waals surface area contributed by atoms with Crippen LogP contribution in [0.4, 0.5) is 0 Å². The summed E-state index contributed by atoms with van der Waals surface area (Å²) in [7, 11) is 0. The van der Waals surface area contributed by atoms with Gasteiger partial charge in [-0.05, 0) is 43.4 Å². The standard InChI is InChI=1S/C15H29NO/c1-12-8-14(2,3)10-15(17,9-12)11-16-13-6-4-5-7-13/h12-13,16-17H,4-11H2,1-3H3. The molecule has 2 rings (SSSR count). The van der Waals surface area contributed by atoms with Crippen molar-refractivity contribution in [3.05, 3.63) is 0 Å². The maximum atomic E-state index is 10.8. The number of rotatable bonds is 3. The van der Waals surface area contributed by atoms with Crippen LogP contribution in [0.2, 0.25) is 0 Å². The summed E-state index contributed by atoms with van der Waals surface area (Å²) >= 11 is 0. The Morgan fingerprint density at radius 3 is 2.41 bits per heavy atom. The minimum Gasteiger partial charge on any atom is -0.389 e. The van der Waals surface area contributed by atoms with Crippen molar-refractivity contribution < 1.29 is 5.11 Å². The van der Waals surface area contributed by atoms with E-state index in [-0.39, 0.29) is 0 Å². The van der Waals surface area contributed by atoms with Crippen LogP contribution in [0, 0.1) is 11.3 Å². The highest BCUT2D eigenvalue weighted by Gasteiger charge is 2.41. The minimum atomic E-state index is -0.468. The summed E-state index contributed by atoms with van der Waals surface area (Å²) in [5, 5.41) is 14.4. The predicted octanol–water partition coefficient (Wildman–Crippen LogP) is 3.10. The van der Waals surface area contributed by atoms with Crippen molar-refractivity contribution >= 4 is 0 Å². The zero-order valence-corrected chi connectivity index (χ0v) is 11.8. The zero-order valence-electron chi connectivity index (χ0n) is 11.8. The number of nitrogens with one attached hydrogen (secondary N) is 1. The van der Waals surface area contributed by atoms with Gasteiger partial charge < -0.3 is 10.4 Å². The van der Waals surface area contributed by atoms with Crippen LogP contribution in [0.5, 0.6) is 0 Å². The summed E-state index contributed by atoms with van der Waals surface area (Å²) in [6, 6.07) is 0.666. The average molecular weight is 239 g/mol. The zero-order chi connectivity index (χ0) is 12.5. The molecule has 2 nitrogen and oxygen atoms in total. The van der Waals surface area contributed by atoms with Crippen LogP contribution in [-0.4, -0.2) is 23.3 Å². The fourth-order valence-electron chi connectivity index (χ4n) is 4.30. The summed E-state index contributed by atoms with van der Waals surface area (Å²) in [6.45, 7) is 7.67. The van der Waals surface area contributed by atoms with E-state index >= 15 is 0 Å². The molecule has 0 saturated heterocycles. The van der Waals surface area contributed by atoms with Crippen molar-refractivity contribution in [1.82, 2.24) is 5.32 Å². The van der Waals surface area contributed by atoms with Crippen LogP contribution in [0.25, 0.3) is 0 Å². The summed E-state index contributed by atoms with van der Waals surface area (Å²) < 4.78 is 0. The summed E-state index contributed by atoms with van der Waals surface area (Å²) in [5.41, 5.74) is -0.173. The Bertz CT molecular complexity index is 258. The van der Waals surface area contributed by atoms with Crippen LogP contribution >= 0.6 is 0 Å². The molecule has 17 heavy (non-hydrogen) atoms. The fraction of sp³-hybridized carbons (Fsp3) is 1.00. The van der Waals surface area contributed by atoms with E-state index < -0.39 is 5.60 Å². The van der Waals surface area contributed by atoms with Gasteiger partial charge in [0.25, 0.3) is 0 Å². The maximum Gasteiger partial charge on any atom is 0.0779 e. The van der Waals surface area contributed by atoms with Crippen molar-refractivity contribution in [2.75, 3.05) is 6.54 Å². The van der Waals surface area contributed by atoms with Crippen LogP contribution in [0.15, 0.2) is 0 Å². The number of hydrogen-bond acceptors (Lipinski definition) is 2. The monoisotopic (exact) mass is 239 g/mol. The first kappa shape index (κ1) is 13.4. The molecule has 0 aromatic rings. The lowest BCUT2D eigenvalue weighted by molar-refractivity contribution is -0.0576. The predicted molar refractivity (Wildman–Crippen MR) is 72.0 cm³/mol. The molecule has 100 valence electrons. The maximum absolute atomic E-state index is 10.8. The molecule has 2 atom stereocenters. The summed E-state index contributed by atoms with van der Waals surface area (Å²) in [4.78, 5) is 0. The van der Waals surface area contributed by atoms with Crippen molar-refractivity contribution in [3.63, 3.8) is 0 Å². The normalized spacial score (nSPS) is 38.5. The number of aliphatic hydroxyl groups is 1. The second kappa shape index (κ2) is 4.89. The van der Waals surface area contributed by atoms with Gasteiger partial charge in [0, 0.05) is 12.6 Å². The van der Waals surface area contributed by atoms with Crippen LogP contribution < -0.4 is 5.32 Å². The Hall–Kier alpha value is -0.0800. The van der Waals surface area contributed by atoms with Gasteiger partial charge >= 0.3 is 0 Å². The molecule has 2 N–H and O–H groups in total. The Morgan fingerprint density at radius 2 is 1.82 bits per heavy atom. The van der Waals surface area contributed by atoms with Crippen LogP contribution in [0.1, 0.15) is 65.7 Å². The van der Waals surface area contributed by atoms with E-state index in [1.54, 1.807) is 0 Å². The average Bonchev–Trinajstić information content (AvgIpc) is 2.62. The second-order valence-electron chi connectivity index (χ2n) is 7.44. The Morgan fingerprint density at radius 1 is 1.18 bits per heavy atom. The Labute approximate surface area is 106 Å². The number of hydrogen-bond donors (Lipinski definition) is 2. The van der Waals surface area contributed by atoms with Gasteiger partial charge in [-0.25, -0.2) is 0 Å². The van der Waals surface area contributed by atoms with Gasteiger partial charge in [0.1, 0.15) is 0 Å². The second-order valence-corrected chi connectivity index (χ2v) is 7.44. The summed E-state index contributed by atoms with van der Waals surface area (Å²) in [5.74, 6) is 0.647. The highest BCUT2D eigenvalue weighted by Crippen LogP contribution is 2.43. The van der Waals surface area contributed by atoms with Gasteiger partial charge in [-0.2, -0.15) is 0 Å². The van der Waals surface area contributed by atoms with E-state index in [0.29, 0.717) is 17.4 Å². The molecule has 0 aromatic carbocycles. The molecule has 0 spiro atoms. The molecule has 0 aromatic heterocycles. The molecule has 0 radical (unpaired) electrons. The largest absolute Gasteiger partial charge is 0.389 e. The highest BCUT2D eigenvalue weighted by molar-refractivity contribution is 4.95. The molecule has 2 saturated carbocycles. The molecule has 2 heteroatoms. The third-order valence-electron chi connectivity index (χ3n) is 4.51. The summed E-state index contributed by atoms with van der Waals surface area (Å²) in [6.07, 6.45) is 8.49. The van der Waals surface area contributed by atoms with Gasteiger partial charge in [-0.15, -0.1) is 0 Å². The molecule has 0 aliphatic heterocycles. The highest BCUT2D eigenvalue weighted by atomic mass is 16.3. The molecule has 0 bridgehead atoms. The molecule has 2 fully saturated rings. The van der Waals surface area contributed by atoms with Crippen molar-refractivity contribution in [2.45, 2.75) is 77.4 Å². The molecular formula is C15H29NO. The van der Waals surface area contributed by atoms with Gasteiger partial charge in [-0.3, -0.25) is 0 Å².